The predicted octanol–water partition coefficient (Wildman–Crippen LogP) is 2.73. The van der Waals surface area contributed by atoms with Crippen LogP contribution in [0.1, 0.15) is 31.2 Å². The van der Waals surface area contributed by atoms with Crippen LogP contribution in [0.3, 0.4) is 0 Å². The number of nitrogens with zero attached hydrogens (tertiary/aromatic N) is 7. The smallest absolute Gasteiger partial charge is 0.261 e. The van der Waals surface area contributed by atoms with Crippen molar-refractivity contribution in [3.8, 4) is 22.7 Å². The molecule has 0 spiro atoms. The number of hydrogen-bond acceptors (Lipinski definition) is 9. The van der Waals surface area contributed by atoms with Crippen molar-refractivity contribution in [3.63, 3.8) is 0 Å². The number of anilines is 1. The molecular weight excluding hydrogens is 408 g/mol. The Morgan fingerprint density at radius 3 is 2.62 bits per heavy atom. The van der Waals surface area contributed by atoms with Crippen LogP contribution in [0.15, 0.2) is 47.6 Å². The summed E-state index contributed by atoms with van der Waals surface area (Å²) in [7, 11) is 1.66. The highest BCUT2D eigenvalue weighted by Crippen LogP contribution is 2.50. The summed E-state index contributed by atoms with van der Waals surface area (Å²) < 4.78 is 12.5. The van der Waals surface area contributed by atoms with E-state index < -0.39 is 5.41 Å². The van der Waals surface area contributed by atoms with Gasteiger partial charge in [0, 0.05) is 37.5 Å². The third-order valence-corrected chi connectivity index (χ3v) is 6.02. The molecule has 0 unspecified atom stereocenters. The molecule has 0 aliphatic heterocycles. The SMILES string of the molecule is COCCn1cc(-c2nc([C@@](C)(c3ccc(-c4cnc(N)nc4)nc3)C3CC3)no2)cn1. The summed E-state index contributed by atoms with van der Waals surface area (Å²) in [5.74, 6) is 1.79. The minimum Gasteiger partial charge on any atom is -0.383 e. The Bertz CT molecular complexity index is 1200. The van der Waals surface area contributed by atoms with Crippen LogP contribution in [0.25, 0.3) is 22.7 Å². The van der Waals surface area contributed by atoms with Crippen molar-refractivity contribution in [1.29, 1.82) is 0 Å². The van der Waals surface area contributed by atoms with E-state index in [9.17, 15) is 0 Å². The van der Waals surface area contributed by atoms with Gasteiger partial charge in [0.25, 0.3) is 5.89 Å². The molecule has 1 atom stereocenters. The second-order valence-corrected chi connectivity index (χ2v) is 8.15. The van der Waals surface area contributed by atoms with Crippen LogP contribution < -0.4 is 5.73 Å². The van der Waals surface area contributed by atoms with E-state index in [4.69, 9.17) is 20.0 Å². The summed E-state index contributed by atoms with van der Waals surface area (Å²) >= 11 is 0. The average molecular weight is 432 g/mol. The molecule has 32 heavy (non-hydrogen) atoms. The molecular formula is C22H24N8O2. The van der Waals surface area contributed by atoms with Crippen molar-refractivity contribution in [3.05, 3.63) is 54.5 Å². The van der Waals surface area contributed by atoms with Crippen LogP contribution in [0.2, 0.25) is 0 Å². The van der Waals surface area contributed by atoms with E-state index in [1.807, 2.05) is 18.5 Å². The predicted molar refractivity (Wildman–Crippen MR) is 116 cm³/mol. The Labute approximate surface area is 184 Å². The van der Waals surface area contributed by atoms with Crippen LogP contribution in [0, 0.1) is 5.92 Å². The monoisotopic (exact) mass is 432 g/mol. The second kappa shape index (κ2) is 8.12. The lowest BCUT2D eigenvalue weighted by Crippen LogP contribution is -2.28. The van der Waals surface area contributed by atoms with Crippen molar-refractivity contribution in [1.82, 2.24) is 34.9 Å². The lowest BCUT2D eigenvalue weighted by Gasteiger charge is -2.26. The van der Waals surface area contributed by atoms with Gasteiger partial charge in [-0.25, -0.2) is 9.97 Å². The topological polar surface area (TPSA) is 131 Å². The maximum absolute atomic E-state index is 5.62. The Balaban J connectivity index is 1.43. The van der Waals surface area contributed by atoms with E-state index in [-0.39, 0.29) is 5.95 Å². The molecule has 4 aromatic rings. The van der Waals surface area contributed by atoms with Gasteiger partial charge in [-0.15, -0.1) is 0 Å². The van der Waals surface area contributed by atoms with Crippen molar-refractivity contribution in [2.45, 2.75) is 31.7 Å². The Morgan fingerprint density at radius 2 is 1.94 bits per heavy atom. The van der Waals surface area contributed by atoms with Gasteiger partial charge < -0.3 is 15.0 Å². The number of ether oxygens (including phenoxy) is 1. The number of rotatable bonds is 8. The lowest BCUT2D eigenvalue weighted by atomic mass is 9.77. The number of hydrogen-bond donors (Lipinski definition) is 1. The summed E-state index contributed by atoms with van der Waals surface area (Å²) in [6, 6.07) is 4.03. The van der Waals surface area contributed by atoms with E-state index in [1.54, 1.807) is 30.4 Å². The molecule has 0 aromatic carbocycles. The third-order valence-electron chi connectivity index (χ3n) is 6.02. The Morgan fingerprint density at radius 1 is 1.12 bits per heavy atom. The van der Waals surface area contributed by atoms with Gasteiger partial charge in [0.15, 0.2) is 5.82 Å². The van der Waals surface area contributed by atoms with Gasteiger partial charge >= 0.3 is 0 Å². The second-order valence-electron chi connectivity index (χ2n) is 8.15. The zero-order valence-electron chi connectivity index (χ0n) is 18.0. The highest BCUT2D eigenvalue weighted by atomic mass is 16.5. The first kappa shape index (κ1) is 20.3. The number of nitrogens with two attached hydrogens (primary N) is 1. The first-order valence-corrected chi connectivity index (χ1v) is 10.5. The number of pyridine rings is 1. The largest absolute Gasteiger partial charge is 0.383 e. The maximum atomic E-state index is 5.62. The summed E-state index contributed by atoms with van der Waals surface area (Å²) in [5, 5.41) is 8.69. The van der Waals surface area contributed by atoms with Crippen molar-refractivity contribution >= 4 is 5.95 Å². The summed E-state index contributed by atoms with van der Waals surface area (Å²) in [5.41, 5.74) is 8.61. The lowest BCUT2D eigenvalue weighted by molar-refractivity contribution is 0.183. The van der Waals surface area contributed by atoms with Gasteiger partial charge in [-0.3, -0.25) is 9.67 Å². The number of methoxy groups -OCH3 is 1. The maximum Gasteiger partial charge on any atom is 0.261 e. The van der Waals surface area contributed by atoms with Gasteiger partial charge in [-0.1, -0.05) is 11.2 Å². The summed E-state index contributed by atoms with van der Waals surface area (Å²) in [6.45, 7) is 3.40. The molecule has 1 aliphatic rings. The molecule has 4 aromatic heterocycles. The van der Waals surface area contributed by atoms with Gasteiger partial charge in [0.2, 0.25) is 5.95 Å². The zero-order valence-corrected chi connectivity index (χ0v) is 18.0. The van der Waals surface area contributed by atoms with Crippen LogP contribution in [-0.4, -0.2) is 48.6 Å². The van der Waals surface area contributed by atoms with Crippen LogP contribution in [0.5, 0.6) is 0 Å². The molecule has 1 fully saturated rings. The first-order chi connectivity index (χ1) is 15.6. The minimum atomic E-state index is -0.392. The Hall–Kier alpha value is -3.66. The fraction of sp³-hybridized carbons (Fsp3) is 0.364. The molecule has 164 valence electrons. The van der Waals surface area contributed by atoms with Crippen LogP contribution in [0.4, 0.5) is 5.95 Å². The fourth-order valence-corrected chi connectivity index (χ4v) is 3.88. The molecule has 0 radical (unpaired) electrons. The van der Waals surface area contributed by atoms with E-state index in [1.165, 1.54) is 0 Å². The normalized spacial score (nSPS) is 15.6. The molecule has 0 bridgehead atoms. The highest BCUT2D eigenvalue weighted by Gasteiger charge is 2.47. The van der Waals surface area contributed by atoms with Gasteiger partial charge in [-0.05, 0) is 37.3 Å². The molecule has 0 amide bonds. The third kappa shape index (κ3) is 3.73. The molecule has 1 saturated carbocycles. The molecule has 5 rings (SSSR count). The average Bonchev–Trinajstić information content (AvgIpc) is 3.37. The van der Waals surface area contributed by atoms with Crippen molar-refractivity contribution in [2.24, 2.45) is 5.92 Å². The molecule has 1 aliphatic carbocycles. The molecule has 4 heterocycles. The van der Waals surface area contributed by atoms with Gasteiger partial charge in [0.1, 0.15) is 0 Å². The summed E-state index contributed by atoms with van der Waals surface area (Å²) in [6.07, 6.45) is 11.1. The quantitative estimate of drug-likeness (QED) is 0.446. The standard InChI is InChI=1S/C22H24N8O2/c1-22(16-3-4-16,17-5-6-18(24-12-17)14-9-25-21(23)26-10-14)20-28-19(32-29-20)15-11-27-30(13-15)7-8-31-2/h5-6,9-13,16H,3-4,7-8H2,1-2H3,(H2,23,25,26)/t22-/m1/s1. The van der Waals surface area contributed by atoms with Gasteiger partial charge in [-0.2, -0.15) is 10.1 Å². The fourth-order valence-electron chi connectivity index (χ4n) is 3.88. The van der Waals surface area contributed by atoms with E-state index in [2.05, 4.69) is 38.2 Å². The molecule has 2 N–H and O–H groups in total. The number of aromatic nitrogens is 7. The van der Waals surface area contributed by atoms with Crippen molar-refractivity contribution < 1.29 is 9.26 Å². The first-order valence-electron chi connectivity index (χ1n) is 10.5. The molecule has 0 saturated heterocycles. The zero-order chi connectivity index (χ0) is 22.1. The van der Waals surface area contributed by atoms with Crippen molar-refractivity contribution in [2.75, 3.05) is 19.5 Å². The highest BCUT2D eigenvalue weighted by molar-refractivity contribution is 5.58. The van der Waals surface area contributed by atoms with E-state index >= 15 is 0 Å². The van der Waals surface area contributed by atoms with Crippen LogP contribution >= 0.6 is 0 Å². The van der Waals surface area contributed by atoms with Crippen LogP contribution in [-0.2, 0) is 16.7 Å². The Kier molecular flexibility index (Phi) is 5.14. The van der Waals surface area contributed by atoms with E-state index in [0.29, 0.717) is 30.8 Å². The molecule has 10 nitrogen and oxygen atoms in total. The van der Waals surface area contributed by atoms with Gasteiger partial charge in [0.05, 0.1) is 36.0 Å². The van der Waals surface area contributed by atoms with E-state index in [0.717, 1.165) is 35.2 Å². The number of nitrogen functional groups attached to an aromatic ring is 1. The summed E-state index contributed by atoms with van der Waals surface area (Å²) in [4.78, 5) is 17.5. The molecule has 10 heteroatoms. The minimum absolute atomic E-state index is 0.240.